The molecular formula is C9H15ClN4. The van der Waals surface area contributed by atoms with Crippen molar-refractivity contribution in [3.05, 3.63) is 18.0 Å². The van der Waals surface area contributed by atoms with E-state index in [1.54, 1.807) is 6.20 Å². The van der Waals surface area contributed by atoms with E-state index in [-0.39, 0.29) is 12.4 Å². The van der Waals surface area contributed by atoms with Crippen LogP contribution in [0.1, 0.15) is 12.1 Å². The molecule has 5 heteroatoms. The van der Waals surface area contributed by atoms with E-state index in [9.17, 15) is 0 Å². The topological polar surface area (TPSA) is 49.8 Å². The van der Waals surface area contributed by atoms with Crippen LogP contribution in [-0.2, 0) is 0 Å². The fraction of sp³-hybridized carbons (Fsp3) is 0.556. The van der Waals surface area contributed by atoms with Gasteiger partial charge in [-0.25, -0.2) is 9.97 Å². The van der Waals surface area contributed by atoms with Crippen LogP contribution in [0.15, 0.2) is 12.3 Å². The van der Waals surface area contributed by atoms with E-state index in [1.807, 2.05) is 13.0 Å². The van der Waals surface area contributed by atoms with E-state index >= 15 is 0 Å². The van der Waals surface area contributed by atoms with Gasteiger partial charge in [0.05, 0.1) is 0 Å². The summed E-state index contributed by atoms with van der Waals surface area (Å²) in [6, 6.07) is 2.39. The van der Waals surface area contributed by atoms with Crippen molar-refractivity contribution in [1.82, 2.24) is 15.3 Å². The number of halogens is 1. The standard InChI is InChI=1S/C9H14N4.ClH/c1-7-2-5-11-9(12-7)13-8-3-4-10-6-8;/h2,5,8,10H,3-4,6H2,1H3,(H,11,12,13);1H/t8-;/m1./s1. The maximum Gasteiger partial charge on any atom is 0.223 e. The van der Waals surface area contributed by atoms with Crippen molar-refractivity contribution in [3.8, 4) is 0 Å². The Morgan fingerprint density at radius 2 is 2.43 bits per heavy atom. The van der Waals surface area contributed by atoms with Crippen LogP contribution in [0, 0.1) is 6.92 Å². The normalized spacial score (nSPS) is 20.2. The summed E-state index contributed by atoms with van der Waals surface area (Å²) in [5.74, 6) is 0.744. The maximum absolute atomic E-state index is 4.29. The largest absolute Gasteiger partial charge is 0.350 e. The summed E-state index contributed by atoms with van der Waals surface area (Å²) in [6.45, 7) is 4.07. The van der Waals surface area contributed by atoms with Gasteiger partial charge in [-0.1, -0.05) is 0 Å². The lowest BCUT2D eigenvalue weighted by Gasteiger charge is -2.10. The number of nitrogens with zero attached hydrogens (tertiary/aromatic N) is 2. The molecule has 1 fully saturated rings. The highest BCUT2D eigenvalue weighted by atomic mass is 35.5. The van der Waals surface area contributed by atoms with Gasteiger partial charge >= 0.3 is 0 Å². The van der Waals surface area contributed by atoms with E-state index in [0.29, 0.717) is 6.04 Å². The van der Waals surface area contributed by atoms with E-state index in [0.717, 1.165) is 31.2 Å². The lowest BCUT2D eigenvalue weighted by atomic mass is 10.3. The van der Waals surface area contributed by atoms with Gasteiger partial charge in [-0.15, -0.1) is 12.4 Å². The first-order valence-corrected chi connectivity index (χ1v) is 4.61. The van der Waals surface area contributed by atoms with Crippen molar-refractivity contribution in [2.45, 2.75) is 19.4 Å². The fourth-order valence-electron chi connectivity index (χ4n) is 1.48. The number of rotatable bonds is 2. The Bertz CT molecular complexity index is 286. The third kappa shape index (κ3) is 2.82. The van der Waals surface area contributed by atoms with Crippen molar-refractivity contribution in [2.75, 3.05) is 18.4 Å². The molecule has 0 aliphatic carbocycles. The number of hydrogen-bond donors (Lipinski definition) is 2. The first kappa shape index (κ1) is 11.2. The zero-order valence-electron chi connectivity index (χ0n) is 8.16. The third-order valence-corrected chi connectivity index (χ3v) is 2.19. The monoisotopic (exact) mass is 214 g/mol. The summed E-state index contributed by atoms with van der Waals surface area (Å²) >= 11 is 0. The molecule has 1 aromatic rings. The molecular weight excluding hydrogens is 200 g/mol. The summed E-state index contributed by atoms with van der Waals surface area (Å²) in [6.07, 6.45) is 2.93. The second kappa shape index (κ2) is 5.12. The molecule has 0 aromatic carbocycles. The summed E-state index contributed by atoms with van der Waals surface area (Å²) in [5.41, 5.74) is 1.00. The average Bonchev–Trinajstić information content (AvgIpc) is 2.57. The zero-order valence-corrected chi connectivity index (χ0v) is 8.97. The number of nitrogens with one attached hydrogen (secondary N) is 2. The molecule has 0 unspecified atom stereocenters. The number of aryl methyl sites for hydroxylation is 1. The summed E-state index contributed by atoms with van der Waals surface area (Å²) in [7, 11) is 0. The first-order chi connectivity index (χ1) is 6.34. The molecule has 1 saturated heterocycles. The van der Waals surface area contributed by atoms with Crippen LogP contribution in [0.25, 0.3) is 0 Å². The molecule has 0 spiro atoms. The van der Waals surface area contributed by atoms with E-state index < -0.39 is 0 Å². The lowest BCUT2D eigenvalue weighted by molar-refractivity contribution is 0.779. The Morgan fingerprint density at radius 3 is 3.07 bits per heavy atom. The van der Waals surface area contributed by atoms with Crippen LogP contribution in [-0.4, -0.2) is 29.1 Å². The van der Waals surface area contributed by atoms with Gasteiger partial charge in [-0.05, 0) is 26.0 Å². The highest BCUT2D eigenvalue weighted by molar-refractivity contribution is 5.85. The van der Waals surface area contributed by atoms with Gasteiger partial charge in [-0.2, -0.15) is 0 Å². The smallest absolute Gasteiger partial charge is 0.223 e. The summed E-state index contributed by atoms with van der Waals surface area (Å²) in [5, 5.41) is 6.59. The minimum Gasteiger partial charge on any atom is -0.350 e. The fourth-order valence-corrected chi connectivity index (χ4v) is 1.48. The SMILES string of the molecule is Cc1ccnc(N[C@@H]2CCNC2)n1.Cl. The van der Waals surface area contributed by atoms with Gasteiger partial charge < -0.3 is 10.6 Å². The lowest BCUT2D eigenvalue weighted by Crippen LogP contribution is -2.23. The molecule has 2 rings (SSSR count). The summed E-state index contributed by atoms with van der Waals surface area (Å²) in [4.78, 5) is 8.44. The third-order valence-electron chi connectivity index (χ3n) is 2.19. The van der Waals surface area contributed by atoms with Crippen LogP contribution in [0.2, 0.25) is 0 Å². The Hall–Kier alpha value is -0.870. The Kier molecular flexibility index (Phi) is 4.10. The predicted octanol–water partition coefficient (Wildman–Crippen LogP) is 0.981. The van der Waals surface area contributed by atoms with Crippen molar-refractivity contribution >= 4 is 18.4 Å². The number of anilines is 1. The van der Waals surface area contributed by atoms with Gasteiger partial charge in [0, 0.05) is 24.5 Å². The highest BCUT2D eigenvalue weighted by Gasteiger charge is 2.14. The Morgan fingerprint density at radius 1 is 1.57 bits per heavy atom. The van der Waals surface area contributed by atoms with Gasteiger partial charge in [-0.3, -0.25) is 0 Å². The predicted molar refractivity (Wildman–Crippen MR) is 58.9 cm³/mol. The molecule has 2 heterocycles. The highest BCUT2D eigenvalue weighted by Crippen LogP contribution is 2.05. The van der Waals surface area contributed by atoms with Crippen molar-refractivity contribution in [2.24, 2.45) is 0 Å². The second-order valence-corrected chi connectivity index (χ2v) is 3.36. The molecule has 0 saturated carbocycles. The molecule has 1 aromatic heterocycles. The van der Waals surface area contributed by atoms with E-state index in [4.69, 9.17) is 0 Å². The maximum atomic E-state index is 4.29. The molecule has 1 atom stereocenters. The molecule has 0 radical (unpaired) electrons. The number of hydrogen-bond acceptors (Lipinski definition) is 4. The molecule has 2 N–H and O–H groups in total. The van der Waals surface area contributed by atoms with Gasteiger partial charge in [0.1, 0.15) is 0 Å². The van der Waals surface area contributed by atoms with E-state index in [2.05, 4.69) is 20.6 Å². The minimum absolute atomic E-state index is 0. The molecule has 1 aliphatic rings. The molecule has 0 bridgehead atoms. The van der Waals surface area contributed by atoms with Gasteiger partial charge in [0.2, 0.25) is 5.95 Å². The van der Waals surface area contributed by atoms with Crippen molar-refractivity contribution in [1.29, 1.82) is 0 Å². The van der Waals surface area contributed by atoms with Crippen molar-refractivity contribution < 1.29 is 0 Å². The van der Waals surface area contributed by atoms with Gasteiger partial charge in [0.15, 0.2) is 0 Å². The molecule has 14 heavy (non-hydrogen) atoms. The molecule has 0 amide bonds. The van der Waals surface area contributed by atoms with Gasteiger partial charge in [0.25, 0.3) is 0 Å². The second-order valence-electron chi connectivity index (χ2n) is 3.36. The van der Waals surface area contributed by atoms with Crippen LogP contribution < -0.4 is 10.6 Å². The zero-order chi connectivity index (χ0) is 9.10. The average molecular weight is 215 g/mol. The molecule has 4 nitrogen and oxygen atoms in total. The van der Waals surface area contributed by atoms with Crippen LogP contribution in [0.3, 0.4) is 0 Å². The number of aromatic nitrogens is 2. The Labute approximate surface area is 89.9 Å². The van der Waals surface area contributed by atoms with Crippen LogP contribution in [0.4, 0.5) is 5.95 Å². The van der Waals surface area contributed by atoms with Crippen LogP contribution in [0.5, 0.6) is 0 Å². The first-order valence-electron chi connectivity index (χ1n) is 4.61. The van der Waals surface area contributed by atoms with E-state index in [1.165, 1.54) is 0 Å². The van der Waals surface area contributed by atoms with Crippen molar-refractivity contribution in [3.63, 3.8) is 0 Å². The quantitative estimate of drug-likeness (QED) is 0.771. The molecule has 1 aliphatic heterocycles. The van der Waals surface area contributed by atoms with Crippen LogP contribution >= 0.6 is 12.4 Å². The Balaban J connectivity index is 0.000000980. The summed E-state index contributed by atoms with van der Waals surface area (Å²) < 4.78 is 0. The molecule has 78 valence electrons. The minimum atomic E-state index is 0.